The molecular weight excluding hydrogens is 645 g/mol. The van der Waals surface area contributed by atoms with Gasteiger partial charge in [0.25, 0.3) is 0 Å². The van der Waals surface area contributed by atoms with Crippen LogP contribution in [0.3, 0.4) is 0 Å². The predicted molar refractivity (Wildman–Crippen MR) is 226 cm³/mol. The van der Waals surface area contributed by atoms with E-state index in [2.05, 4.69) is 184 Å². The largest absolute Gasteiger partial charge is 0.135 e. The summed E-state index contributed by atoms with van der Waals surface area (Å²) in [5, 5.41) is 10.4. The van der Waals surface area contributed by atoms with Crippen LogP contribution < -0.4 is 0 Å². The van der Waals surface area contributed by atoms with Crippen molar-refractivity contribution in [1.82, 2.24) is 0 Å². The van der Waals surface area contributed by atoms with Crippen LogP contribution in [-0.4, -0.2) is 0 Å². The molecule has 11 rings (SSSR count). The van der Waals surface area contributed by atoms with E-state index in [0.717, 1.165) is 0 Å². The van der Waals surface area contributed by atoms with Crippen molar-refractivity contribution in [2.45, 2.75) is 19.3 Å². The zero-order valence-corrected chi connectivity index (χ0v) is 29.9. The fourth-order valence-electron chi connectivity index (χ4n) is 9.41. The van der Waals surface area contributed by atoms with E-state index in [1.807, 2.05) is 11.3 Å². The highest BCUT2D eigenvalue weighted by Crippen LogP contribution is 2.55. The van der Waals surface area contributed by atoms with Crippen LogP contribution in [0.1, 0.15) is 25.0 Å². The third-order valence-corrected chi connectivity index (χ3v) is 12.8. The van der Waals surface area contributed by atoms with Crippen LogP contribution in [0.15, 0.2) is 170 Å². The van der Waals surface area contributed by atoms with Crippen LogP contribution in [0, 0.1) is 0 Å². The summed E-state index contributed by atoms with van der Waals surface area (Å²) in [7, 11) is 0. The highest BCUT2D eigenvalue weighted by Gasteiger charge is 2.38. The van der Waals surface area contributed by atoms with Crippen LogP contribution in [-0.2, 0) is 5.41 Å². The summed E-state index contributed by atoms with van der Waals surface area (Å²) in [5.74, 6) is 0. The standard InChI is InChI=1S/C51H34S/c1-51(2)44-29-28-31-14-3-4-17-34(31)48(44)42-25-12-23-35(49(42)51)32-15-11-16-33(30-32)46-37-19-5-7-21-39(37)47(40-22-8-6-20-38(40)46)43-26-13-24-41-36-18-9-10-27-45(36)52-50(41)43/h3-30H,1-2H3. The number of fused-ring (bicyclic) bond motifs is 10. The first-order valence-electron chi connectivity index (χ1n) is 18.2. The first kappa shape index (κ1) is 29.7. The summed E-state index contributed by atoms with van der Waals surface area (Å²) in [6.07, 6.45) is 0. The van der Waals surface area contributed by atoms with Crippen LogP contribution in [0.4, 0.5) is 0 Å². The van der Waals surface area contributed by atoms with Gasteiger partial charge in [-0.2, -0.15) is 0 Å². The average molecular weight is 679 g/mol. The van der Waals surface area contributed by atoms with Crippen molar-refractivity contribution < 1.29 is 0 Å². The highest BCUT2D eigenvalue weighted by atomic mass is 32.1. The van der Waals surface area contributed by atoms with Gasteiger partial charge in [-0.1, -0.05) is 172 Å². The topological polar surface area (TPSA) is 0 Å². The first-order valence-corrected chi connectivity index (χ1v) is 19.0. The quantitative estimate of drug-likeness (QED) is 0.163. The van der Waals surface area contributed by atoms with E-state index in [-0.39, 0.29) is 5.41 Å². The van der Waals surface area contributed by atoms with Crippen molar-refractivity contribution in [3.05, 3.63) is 181 Å². The highest BCUT2D eigenvalue weighted by molar-refractivity contribution is 7.26. The van der Waals surface area contributed by atoms with Gasteiger partial charge in [0.1, 0.15) is 0 Å². The van der Waals surface area contributed by atoms with Gasteiger partial charge in [-0.05, 0) is 94.5 Å². The van der Waals surface area contributed by atoms with Gasteiger partial charge < -0.3 is 0 Å². The molecule has 0 fully saturated rings. The van der Waals surface area contributed by atoms with Crippen LogP contribution in [0.5, 0.6) is 0 Å². The van der Waals surface area contributed by atoms with Gasteiger partial charge in [0.05, 0.1) is 0 Å². The fourth-order valence-corrected chi connectivity index (χ4v) is 10.6. The molecule has 244 valence electrons. The van der Waals surface area contributed by atoms with E-state index in [1.54, 1.807) is 0 Å². The number of benzene rings is 9. The van der Waals surface area contributed by atoms with E-state index in [9.17, 15) is 0 Å². The van der Waals surface area contributed by atoms with Crippen molar-refractivity contribution in [2.24, 2.45) is 0 Å². The molecule has 0 N–H and O–H groups in total. The Hall–Kier alpha value is -6.02. The molecule has 1 heterocycles. The van der Waals surface area contributed by atoms with Gasteiger partial charge in [0.15, 0.2) is 0 Å². The second-order valence-electron chi connectivity index (χ2n) is 14.8. The number of hydrogen-bond acceptors (Lipinski definition) is 1. The van der Waals surface area contributed by atoms with Crippen LogP contribution in [0.25, 0.3) is 97.0 Å². The molecular formula is C51H34S. The molecule has 1 aliphatic rings. The number of thiophene rings is 1. The maximum atomic E-state index is 2.44. The molecule has 0 nitrogen and oxygen atoms in total. The minimum Gasteiger partial charge on any atom is -0.135 e. The molecule has 0 amide bonds. The lowest BCUT2D eigenvalue weighted by Gasteiger charge is -2.25. The second kappa shape index (κ2) is 11.0. The van der Waals surface area contributed by atoms with Crippen molar-refractivity contribution >= 4 is 63.8 Å². The Bertz CT molecular complexity index is 3040. The molecule has 9 aromatic carbocycles. The number of rotatable bonds is 3. The molecule has 52 heavy (non-hydrogen) atoms. The monoisotopic (exact) mass is 678 g/mol. The van der Waals surface area contributed by atoms with E-state index >= 15 is 0 Å². The van der Waals surface area contributed by atoms with E-state index in [4.69, 9.17) is 0 Å². The molecule has 1 aliphatic carbocycles. The lowest BCUT2D eigenvalue weighted by molar-refractivity contribution is 0.662. The molecule has 0 unspecified atom stereocenters. The molecule has 10 aromatic rings. The van der Waals surface area contributed by atoms with Gasteiger partial charge in [-0.3, -0.25) is 0 Å². The lowest BCUT2D eigenvalue weighted by atomic mass is 9.78. The Morgan fingerprint density at radius 3 is 1.71 bits per heavy atom. The van der Waals surface area contributed by atoms with E-state index in [0.29, 0.717) is 0 Å². The fraction of sp³-hybridized carbons (Fsp3) is 0.0588. The summed E-state index contributed by atoms with van der Waals surface area (Å²) >= 11 is 1.91. The van der Waals surface area contributed by atoms with Gasteiger partial charge in [-0.25, -0.2) is 0 Å². The van der Waals surface area contributed by atoms with Gasteiger partial charge in [0.2, 0.25) is 0 Å². The second-order valence-corrected chi connectivity index (χ2v) is 15.8. The van der Waals surface area contributed by atoms with E-state index < -0.39 is 0 Å². The molecule has 1 aromatic heterocycles. The Kier molecular flexibility index (Phi) is 6.27. The Morgan fingerprint density at radius 2 is 0.942 bits per heavy atom. The molecule has 0 spiro atoms. The Morgan fingerprint density at radius 1 is 0.385 bits per heavy atom. The third-order valence-electron chi connectivity index (χ3n) is 11.6. The molecule has 0 aliphatic heterocycles. The maximum absolute atomic E-state index is 2.44. The number of hydrogen-bond donors (Lipinski definition) is 0. The normalized spacial score (nSPS) is 13.3. The van der Waals surface area contributed by atoms with Crippen LogP contribution in [0.2, 0.25) is 0 Å². The maximum Gasteiger partial charge on any atom is 0.0434 e. The van der Waals surface area contributed by atoms with Crippen molar-refractivity contribution in [3.63, 3.8) is 0 Å². The SMILES string of the molecule is CC1(C)c2ccc3ccccc3c2-c2cccc(-c3cccc(-c4c5ccccc5c(-c5cccc6c5sc5ccccc56)c5ccccc45)c3)c21. The molecule has 0 atom stereocenters. The minimum atomic E-state index is -0.129. The Balaban J connectivity index is 1.16. The van der Waals surface area contributed by atoms with E-state index in [1.165, 1.54) is 108 Å². The zero-order chi connectivity index (χ0) is 34.6. The van der Waals surface area contributed by atoms with Crippen molar-refractivity contribution in [1.29, 1.82) is 0 Å². The van der Waals surface area contributed by atoms with Crippen molar-refractivity contribution in [2.75, 3.05) is 0 Å². The smallest absolute Gasteiger partial charge is 0.0434 e. The molecule has 0 saturated carbocycles. The van der Waals surface area contributed by atoms with Gasteiger partial charge >= 0.3 is 0 Å². The van der Waals surface area contributed by atoms with Crippen LogP contribution >= 0.6 is 11.3 Å². The molecule has 1 heteroatoms. The zero-order valence-electron chi connectivity index (χ0n) is 29.1. The summed E-state index contributed by atoms with van der Waals surface area (Å²) in [4.78, 5) is 0. The molecule has 0 saturated heterocycles. The van der Waals surface area contributed by atoms with Crippen molar-refractivity contribution in [3.8, 4) is 44.5 Å². The lowest BCUT2D eigenvalue weighted by Crippen LogP contribution is -2.16. The molecule has 0 radical (unpaired) electrons. The van der Waals surface area contributed by atoms with Gasteiger partial charge in [-0.15, -0.1) is 11.3 Å². The summed E-state index contributed by atoms with van der Waals surface area (Å²) < 4.78 is 2.68. The summed E-state index contributed by atoms with van der Waals surface area (Å²) in [5.41, 5.74) is 13.2. The molecule has 0 bridgehead atoms. The minimum absolute atomic E-state index is 0.129. The van der Waals surface area contributed by atoms with Gasteiger partial charge in [0, 0.05) is 31.2 Å². The Labute approximate surface area is 307 Å². The third kappa shape index (κ3) is 4.09. The average Bonchev–Trinajstić information content (AvgIpc) is 3.69. The predicted octanol–water partition coefficient (Wildman–Crippen LogP) is 14.8. The summed E-state index contributed by atoms with van der Waals surface area (Å²) in [6, 6.07) is 63.4. The summed E-state index contributed by atoms with van der Waals surface area (Å²) in [6.45, 7) is 4.80. The first-order chi connectivity index (χ1) is 25.6.